The quantitative estimate of drug-likeness (QED) is 0.323. The Hall–Kier alpha value is -3.57. The van der Waals surface area contributed by atoms with Crippen molar-refractivity contribution in [3.63, 3.8) is 0 Å². The molecule has 0 saturated carbocycles. The summed E-state index contributed by atoms with van der Waals surface area (Å²) in [6.45, 7) is 10.4. The molecule has 188 valence electrons. The summed E-state index contributed by atoms with van der Waals surface area (Å²) in [5, 5.41) is 0.728. The van der Waals surface area contributed by atoms with Gasteiger partial charge in [-0.25, -0.2) is 4.99 Å². The van der Waals surface area contributed by atoms with Crippen molar-refractivity contribution in [2.75, 3.05) is 18.0 Å². The van der Waals surface area contributed by atoms with Crippen LogP contribution in [0.2, 0.25) is 0 Å². The number of hydrogen-bond donors (Lipinski definition) is 0. The highest BCUT2D eigenvalue weighted by atomic mass is 32.2. The third kappa shape index (κ3) is 5.28. The highest BCUT2D eigenvalue weighted by Gasteiger charge is 2.34. The highest BCUT2D eigenvalue weighted by Crippen LogP contribution is 2.40. The van der Waals surface area contributed by atoms with Gasteiger partial charge in [0.25, 0.3) is 5.91 Å². The molecule has 0 N–H and O–H groups in total. The molecule has 0 aliphatic carbocycles. The summed E-state index contributed by atoms with van der Waals surface area (Å²) < 4.78 is 0. The van der Waals surface area contributed by atoms with Crippen LogP contribution in [0.5, 0.6) is 0 Å². The minimum Gasteiger partial charge on any atom is -0.363 e. The van der Waals surface area contributed by atoms with Gasteiger partial charge in [0.05, 0.1) is 16.1 Å². The molecule has 2 aliphatic rings. The van der Waals surface area contributed by atoms with Crippen LogP contribution in [0.15, 0.2) is 94.8 Å². The summed E-state index contributed by atoms with van der Waals surface area (Å²) in [7, 11) is 0. The van der Waals surface area contributed by atoms with Gasteiger partial charge in [-0.15, -0.1) is 0 Å². The number of amidine groups is 1. The van der Waals surface area contributed by atoms with E-state index in [2.05, 4.69) is 69.0 Å². The van der Waals surface area contributed by atoms with Gasteiger partial charge in [0.1, 0.15) is 0 Å². The van der Waals surface area contributed by atoms with Gasteiger partial charge in [-0.1, -0.05) is 60.7 Å². The molecular formula is C32H33N3OS. The average Bonchev–Trinajstić information content (AvgIpc) is 3.17. The van der Waals surface area contributed by atoms with Crippen molar-refractivity contribution in [1.82, 2.24) is 4.90 Å². The van der Waals surface area contributed by atoms with E-state index in [4.69, 9.17) is 4.99 Å². The SMILES string of the molecule is CCN1c2ccc(/C=C3/SC(=Nc4ccccc4)N(CCc4ccccc4)C3=O)cc2C(C)=CC1(C)C. The number of allylic oxidation sites excluding steroid dienone is 1. The lowest BCUT2D eigenvalue weighted by Gasteiger charge is -2.42. The van der Waals surface area contributed by atoms with Crippen LogP contribution in [-0.2, 0) is 11.2 Å². The Bertz CT molecular complexity index is 1390. The predicted molar refractivity (Wildman–Crippen MR) is 158 cm³/mol. The third-order valence-corrected chi connectivity index (χ3v) is 7.96. The lowest BCUT2D eigenvalue weighted by atomic mass is 9.88. The number of carbonyl (C=O) groups is 1. The van der Waals surface area contributed by atoms with Crippen molar-refractivity contribution >= 4 is 45.9 Å². The van der Waals surface area contributed by atoms with E-state index in [1.807, 2.05) is 59.5 Å². The van der Waals surface area contributed by atoms with Gasteiger partial charge >= 0.3 is 0 Å². The summed E-state index contributed by atoms with van der Waals surface area (Å²) >= 11 is 1.46. The molecule has 0 radical (unpaired) electrons. The average molecular weight is 508 g/mol. The zero-order valence-electron chi connectivity index (χ0n) is 21.9. The topological polar surface area (TPSA) is 35.9 Å². The summed E-state index contributed by atoms with van der Waals surface area (Å²) in [6, 6.07) is 26.7. The molecule has 0 atom stereocenters. The summed E-state index contributed by atoms with van der Waals surface area (Å²) in [6.07, 6.45) is 5.13. The zero-order valence-corrected chi connectivity index (χ0v) is 22.8. The molecule has 1 saturated heterocycles. The van der Waals surface area contributed by atoms with Gasteiger partial charge in [0.15, 0.2) is 5.17 Å². The van der Waals surface area contributed by atoms with Crippen LogP contribution in [-0.4, -0.2) is 34.6 Å². The van der Waals surface area contributed by atoms with E-state index in [-0.39, 0.29) is 11.4 Å². The van der Waals surface area contributed by atoms with Crippen molar-refractivity contribution in [1.29, 1.82) is 0 Å². The van der Waals surface area contributed by atoms with Gasteiger partial charge in [0, 0.05) is 24.3 Å². The van der Waals surface area contributed by atoms with Gasteiger partial charge in [0.2, 0.25) is 0 Å². The van der Waals surface area contributed by atoms with Crippen LogP contribution in [0.4, 0.5) is 11.4 Å². The first kappa shape index (κ1) is 25.1. The first-order valence-corrected chi connectivity index (χ1v) is 13.7. The number of amides is 1. The van der Waals surface area contributed by atoms with E-state index in [0.717, 1.165) is 29.4 Å². The largest absolute Gasteiger partial charge is 0.363 e. The fraction of sp³-hybridized carbons (Fsp3) is 0.250. The third-order valence-electron chi connectivity index (χ3n) is 6.95. The number of thioether (sulfide) groups is 1. The van der Waals surface area contributed by atoms with Crippen LogP contribution < -0.4 is 4.90 Å². The molecule has 4 nitrogen and oxygen atoms in total. The van der Waals surface area contributed by atoms with E-state index in [1.54, 1.807) is 0 Å². The summed E-state index contributed by atoms with van der Waals surface area (Å²) in [5.41, 5.74) is 6.80. The van der Waals surface area contributed by atoms with E-state index >= 15 is 0 Å². The minimum atomic E-state index is -0.0227. The van der Waals surface area contributed by atoms with Crippen LogP contribution >= 0.6 is 11.8 Å². The van der Waals surface area contributed by atoms with Crippen LogP contribution in [0.1, 0.15) is 44.4 Å². The number of carbonyl (C=O) groups excluding carboxylic acids is 1. The maximum absolute atomic E-state index is 13.6. The number of rotatable bonds is 6. The number of anilines is 1. The van der Waals surface area contributed by atoms with E-state index in [9.17, 15) is 4.79 Å². The molecule has 3 aromatic rings. The first-order chi connectivity index (χ1) is 17.9. The van der Waals surface area contributed by atoms with Gasteiger partial charge in [-0.2, -0.15) is 0 Å². The number of aliphatic imine (C=N–C) groups is 1. The highest BCUT2D eigenvalue weighted by molar-refractivity contribution is 8.18. The molecule has 2 aliphatic heterocycles. The molecule has 2 heterocycles. The Balaban J connectivity index is 1.47. The molecule has 0 aromatic heterocycles. The Morgan fingerprint density at radius 3 is 2.38 bits per heavy atom. The van der Waals surface area contributed by atoms with Crippen molar-refractivity contribution in [2.24, 2.45) is 4.99 Å². The molecule has 0 bridgehead atoms. The molecular weight excluding hydrogens is 474 g/mol. The zero-order chi connectivity index (χ0) is 26.0. The van der Waals surface area contributed by atoms with Gasteiger partial charge in [-0.05, 0) is 92.9 Å². The summed E-state index contributed by atoms with van der Waals surface area (Å²) in [5.74, 6) is 0.0110. The molecule has 3 aromatic carbocycles. The maximum atomic E-state index is 13.6. The maximum Gasteiger partial charge on any atom is 0.266 e. The standard InChI is InChI=1S/C32H33N3OS/c1-5-35-28-17-16-25(20-27(28)23(2)22-32(35,3)4)21-29-30(36)34(19-18-24-12-8-6-9-13-24)31(37-29)33-26-14-10-7-11-15-26/h6-17,20-22H,5,18-19H2,1-4H3/b29-21+,33-31?. The molecule has 37 heavy (non-hydrogen) atoms. The van der Waals surface area contributed by atoms with Crippen LogP contribution in [0, 0.1) is 0 Å². The van der Waals surface area contributed by atoms with Gasteiger partial charge in [-0.3, -0.25) is 9.69 Å². The molecule has 1 fully saturated rings. The monoisotopic (exact) mass is 507 g/mol. The van der Waals surface area contributed by atoms with E-state index in [1.165, 1.54) is 34.1 Å². The van der Waals surface area contributed by atoms with Crippen molar-refractivity contribution < 1.29 is 4.79 Å². The minimum absolute atomic E-state index is 0.0110. The predicted octanol–water partition coefficient (Wildman–Crippen LogP) is 7.56. The fourth-order valence-corrected chi connectivity index (χ4v) is 6.23. The Morgan fingerprint density at radius 1 is 0.973 bits per heavy atom. The number of para-hydroxylation sites is 1. The van der Waals surface area contributed by atoms with E-state index < -0.39 is 0 Å². The number of benzene rings is 3. The Morgan fingerprint density at radius 2 is 1.68 bits per heavy atom. The smallest absolute Gasteiger partial charge is 0.266 e. The number of nitrogens with zero attached hydrogens (tertiary/aromatic N) is 3. The lowest BCUT2D eigenvalue weighted by molar-refractivity contribution is -0.122. The van der Waals surface area contributed by atoms with Crippen molar-refractivity contribution in [3.8, 4) is 0 Å². The second-order valence-corrected chi connectivity index (χ2v) is 11.0. The van der Waals surface area contributed by atoms with E-state index in [0.29, 0.717) is 11.4 Å². The fourth-order valence-electron chi connectivity index (χ4n) is 5.21. The molecule has 0 unspecified atom stereocenters. The van der Waals surface area contributed by atoms with Gasteiger partial charge < -0.3 is 4.90 Å². The van der Waals surface area contributed by atoms with Crippen molar-refractivity contribution in [2.45, 2.75) is 39.7 Å². The van der Waals surface area contributed by atoms with Crippen LogP contribution in [0.3, 0.4) is 0 Å². The molecule has 1 amide bonds. The molecule has 5 heteroatoms. The lowest BCUT2D eigenvalue weighted by Crippen LogP contribution is -2.44. The molecule has 0 spiro atoms. The second-order valence-electron chi connectivity index (χ2n) is 10.0. The van der Waals surface area contributed by atoms with Crippen LogP contribution in [0.25, 0.3) is 11.6 Å². The normalized spacial score (nSPS) is 18.9. The molecule has 5 rings (SSSR count). The van der Waals surface area contributed by atoms with Crippen molar-refractivity contribution in [3.05, 3.63) is 107 Å². The Labute approximate surface area is 224 Å². The summed E-state index contributed by atoms with van der Waals surface area (Å²) in [4.78, 5) is 23.4. The first-order valence-electron chi connectivity index (χ1n) is 12.9. The number of fused-ring (bicyclic) bond motifs is 1. The second kappa shape index (κ2) is 10.4. The number of hydrogen-bond acceptors (Lipinski definition) is 4. The Kier molecular flexibility index (Phi) is 7.07. The number of likely N-dealkylation sites (N-methyl/N-ethyl adjacent to an activating group) is 1.